The molecule has 2 atom stereocenters. The fraction of sp³-hybridized carbons (Fsp3) is 0.294. The van der Waals surface area contributed by atoms with Gasteiger partial charge in [0.1, 0.15) is 0 Å². The van der Waals surface area contributed by atoms with Crippen molar-refractivity contribution >= 4 is 16.9 Å². The second-order valence-electron chi connectivity index (χ2n) is 5.40. The van der Waals surface area contributed by atoms with E-state index in [-0.39, 0.29) is 5.25 Å². The summed E-state index contributed by atoms with van der Waals surface area (Å²) in [6, 6.07) is 6.37. The summed E-state index contributed by atoms with van der Waals surface area (Å²) < 4.78 is 12.8. The Balaban J connectivity index is 2.11. The quantitative estimate of drug-likeness (QED) is 0.747. The maximum atomic E-state index is 12.8. The van der Waals surface area contributed by atoms with Gasteiger partial charge in [-0.15, -0.1) is 0 Å². The highest BCUT2D eigenvalue weighted by molar-refractivity contribution is 7.86. The van der Waals surface area contributed by atoms with E-state index in [0.717, 1.165) is 16.9 Å². The van der Waals surface area contributed by atoms with E-state index in [2.05, 4.69) is 62.4 Å². The zero-order chi connectivity index (χ0) is 13.4. The summed E-state index contributed by atoms with van der Waals surface area (Å²) in [5.74, 6) is 0.468. The number of benzene rings is 1. The highest BCUT2D eigenvalue weighted by Crippen LogP contribution is 2.32. The average molecular weight is 270 g/mol. The molecule has 1 aliphatic carbocycles. The first-order valence-corrected chi connectivity index (χ1v) is 7.97. The van der Waals surface area contributed by atoms with Gasteiger partial charge in [0.05, 0.1) is 16.0 Å². The summed E-state index contributed by atoms with van der Waals surface area (Å²) in [6.07, 6.45) is 11.3. The number of hydrogen-bond donors (Lipinski definition) is 0. The van der Waals surface area contributed by atoms with Gasteiger partial charge in [0, 0.05) is 4.90 Å². The Morgan fingerprint density at radius 2 is 2.11 bits per heavy atom. The van der Waals surface area contributed by atoms with Crippen LogP contribution in [0.4, 0.5) is 0 Å². The van der Waals surface area contributed by atoms with Crippen molar-refractivity contribution in [3.63, 3.8) is 0 Å². The lowest BCUT2D eigenvalue weighted by Crippen LogP contribution is -2.17. The van der Waals surface area contributed by atoms with E-state index < -0.39 is 10.8 Å². The van der Waals surface area contributed by atoms with Crippen molar-refractivity contribution in [1.82, 2.24) is 0 Å². The van der Waals surface area contributed by atoms with Crippen LogP contribution in [-0.2, 0) is 10.8 Å². The molecule has 0 amide bonds. The van der Waals surface area contributed by atoms with Crippen LogP contribution in [0.2, 0.25) is 0 Å². The number of hydrogen-bond acceptors (Lipinski definition) is 1. The van der Waals surface area contributed by atoms with Crippen LogP contribution in [-0.4, -0.2) is 9.46 Å². The summed E-state index contributed by atoms with van der Waals surface area (Å²) in [5, 5.41) is 0.116. The summed E-state index contributed by atoms with van der Waals surface area (Å²) >= 11 is 0. The Labute approximate surface area is 117 Å². The molecule has 1 nitrogen and oxygen atoms in total. The van der Waals surface area contributed by atoms with Crippen molar-refractivity contribution in [3.8, 4) is 0 Å². The van der Waals surface area contributed by atoms with E-state index in [1.807, 2.05) is 0 Å². The summed E-state index contributed by atoms with van der Waals surface area (Å²) in [6.45, 7) is 4.34. The fourth-order valence-corrected chi connectivity index (χ4v) is 4.18. The molecule has 19 heavy (non-hydrogen) atoms. The minimum Gasteiger partial charge on any atom is -0.254 e. The Hall–Kier alpha value is -1.41. The zero-order valence-corrected chi connectivity index (χ0v) is 12.1. The molecule has 1 aromatic rings. The minimum atomic E-state index is -0.958. The molecular formula is C17H18OS. The zero-order valence-electron chi connectivity index (χ0n) is 11.3. The molecule has 0 radical (unpaired) electrons. The van der Waals surface area contributed by atoms with Gasteiger partial charge in [-0.05, 0) is 35.1 Å². The Bertz CT molecular complexity index is 620. The lowest BCUT2D eigenvalue weighted by molar-refractivity contribution is 0.675. The molecule has 1 aromatic carbocycles. The fourth-order valence-electron chi connectivity index (χ4n) is 2.56. The second kappa shape index (κ2) is 4.93. The van der Waals surface area contributed by atoms with Crippen LogP contribution in [0.3, 0.4) is 0 Å². The standard InChI is InChI=1S/C17H18OS/c1-12(2)15-10-9-14-8-7-13-5-3-4-6-16(13)19(18)17(14)11-15/h3-5,7-12,16H,6H2,1-2H3. The molecule has 3 rings (SSSR count). The van der Waals surface area contributed by atoms with Crippen LogP contribution >= 0.6 is 0 Å². The van der Waals surface area contributed by atoms with E-state index in [0.29, 0.717) is 5.92 Å². The molecule has 0 N–H and O–H groups in total. The van der Waals surface area contributed by atoms with Gasteiger partial charge < -0.3 is 0 Å². The number of rotatable bonds is 1. The lowest BCUT2D eigenvalue weighted by atomic mass is 10.0. The first kappa shape index (κ1) is 12.6. The van der Waals surface area contributed by atoms with Gasteiger partial charge in [0.25, 0.3) is 0 Å². The first-order valence-electron chi connectivity index (χ1n) is 6.76. The summed E-state index contributed by atoms with van der Waals surface area (Å²) in [5.41, 5.74) is 3.54. The molecule has 2 aliphatic rings. The van der Waals surface area contributed by atoms with Crippen LogP contribution in [0.25, 0.3) is 6.08 Å². The van der Waals surface area contributed by atoms with Crippen molar-refractivity contribution < 1.29 is 4.21 Å². The molecule has 0 saturated carbocycles. The largest absolute Gasteiger partial charge is 0.254 e. The van der Waals surface area contributed by atoms with E-state index in [1.54, 1.807) is 0 Å². The smallest absolute Gasteiger partial charge is 0.0678 e. The normalized spacial score (nSPS) is 24.7. The van der Waals surface area contributed by atoms with E-state index >= 15 is 0 Å². The van der Waals surface area contributed by atoms with E-state index in [4.69, 9.17) is 0 Å². The van der Waals surface area contributed by atoms with Gasteiger partial charge in [-0.1, -0.05) is 56.4 Å². The number of allylic oxidation sites excluding steroid dienone is 4. The predicted octanol–water partition coefficient (Wildman–Crippen LogP) is 4.20. The maximum absolute atomic E-state index is 12.8. The molecule has 1 aliphatic heterocycles. The molecule has 98 valence electrons. The van der Waals surface area contributed by atoms with Crippen LogP contribution < -0.4 is 0 Å². The predicted molar refractivity (Wildman–Crippen MR) is 81.6 cm³/mol. The Kier molecular flexibility index (Phi) is 3.28. The average Bonchev–Trinajstić information content (AvgIpc) is 2.57. The third-order valence-corrected chi connectivity index (χ3v) is 5.55. The van der Waals surface area contributed by atoms with Crippen molar-refractivity contribution in [3.05, 3.63) is 59.2 Å². The van der Waals surface area contributed by atoms with Gasteiger partial charge in [-0.25, -0.2) is 0 Å². The van der Waals surface area contributed by atoms with Crippen LogP contribution in [0.15, 0.2) is 53.0 Å². The molecular weight excluding hydrogens is 252 g/mol. The van der Waals surface area contributed by atoms with Crippen LogP contribution in [0, 0.1) is 0 Å². The van der Waals surface area contributed by atoms with E-state index in [9.17, 15) is 4.21 Å². The molecule has 1 heterocycles. The third-order valence-electron chi connectivity index (χ3n) is 3.78. The molecule has 0 aromatic heterocycles. The van der Waals surface area contributed by atoms with Crippen molar-refractivity contribution in [2.45, 2.75) is 36.3 Å². The van der Waals surface area contributed by atoms with Crippen LogP contribution in [0.5, 0.6) is 0 Å². The van der Waals surface area contributed by atoms with Crippen molar-refractivity contribution in [2.24, 2.45) is 0 Å². The first-order chi connectivity index (χ1) is 9.16. The van der Waals surface area contributed by atoms with Gasteiger partial charge in [0.2, 0.25) is 0 Å². The third kappa shape index (κ3) is 2.25. The molecule has 2 heteroatoms. The number of fused-ring (bicyclic) bond motifs is 2. The van der Waals surface area contributed by atoms with Gasteiger partial charge in [-0.2, -0.15) is 0 Å². The Morgan fingerprint density at radius 1 is 1.26 bits per heavy atom. The highest BCUT2D eigenvalue weighted by atomic mass is 32.2. The lowest BCUT2D eigenvalue weighted by Gasteiger charge is -2.18. The Morgan fingerprint density at radius 3 is 2.89 bits per heavy atom. The topological polar surface area (TPSA) is 17.1 Å². The highest BCUT2D eigenvalue weighted by Gasteiger charge is 2.25. The monoisotopic (exact) mass is 270 g/mol. The molecule has 0 fully saturated rings. The van der Waals surface area contributed by atoms with Crippen molar-refractivity contribution in [1.29, 1.82) is 0 Å². The molecule has 2 unspecified atom stereocenters. The summed E-state index contributed by atoms with van der Waals surface area (Å²) in [4.78, 5) is 0.992. The summed E-state index contributed by atoms with van der Waals surface area (Å²) in [7, 11) is -0.958. The van der Waals surface area contributed by atoms with Crippen molar-refractivity contribution in [2.75, 3.05) is 0 Å². The maximum Gasteiger partial charge on any atom is 0.0678 e. The molecule has 0 bridgehead atoms. The van der Waals surface area contributed by atoms with Gasteiger partial charge in [0.15, 0.2) is 0 Å². The minimum absolute atomic E-state index is 0.116. The SMILES string of the molecule is CC(C)c1ccc2c(c1)S(=O)C1CC=CC=C1C=C2. The molecule has 0 spiro atoms. The van der Waals surface area contributed by atoms with Crippen LogP contribution in [0.1, 0.15) is 37.3 Å². The van der Waals surface area contributed by atoms with Gasteiger partial charge >= 0.3 is 0 Å². The molecule has 0 saturated heterocycles. The second-order valence-corrected chi connectivity index (χ2v) is 7.01. The van der Waals surface area contributed by atoms with Gasteiger partial charge in [-0.3, -0.25) is 4.21 Å². The van der Waals surface area contributed by atoms with E-state index in [1.165, 1.54) is 11.1 Å².